The molecule has 0 saturated carbocycles. The second-order valence-electron chi connectivity index (χ2n) is 7.56. The van der Waals surface area contributed by atoms with Gasteiger partial charge in [-0.05, 0) is 48.6 Å². The van der Waals surface area contributed by atoms with Gasteiger partial charge in [0, 0.05) is 26.2 Å². The molecule has 146 valence electrons. The number of aryl methyl sites for hydroxylation is 1. The van der Waals surface area contributed by atoms with Crippen LogP contribution in [-0.2, 0) is 16.4 Å². The Morgan fingerprint density at radius 1 is 0.889 bits per heavy atom. The molecule has 5 heteroatoms. The molecular weight excluding hydrogens is 356 g/mol. The van der Waals surface area contributed by atoms with Crippen LogP contribution in [0.25, 0.3) is 0 Å². The number of hydrogen-bond donors (Lipinski definition) is 0. The normalized spacial score (nSPS) is 16.7. The van der Waals surface area contributed by atoms with Crippen LogP contribution in [0.15, 0.2) is 59.5 Å². The minimum absolute atomic E-state index is 0.404. The molecule has 1 fully saturated rings. The van der Waals surface area contributed by atoms with Crippen molar-refractivity contribution in [2.75, 3.05) is 32.7 Å². The molecule has 0 spiro atoms. The summed E-state index contributed by atoms with van der Waals surface area (Å²) in [6, 6.07) is 17.9. The van der Waals surface area contributed by atoms with Gasteiger partial charge in [0.1, 0.15) is 0 Å². The van der Waals surface area contributed by atoms with Gasteiger partial charge < -0.3 is 4.90 Å². The summed E-state index contributed by atoms with van der Waals surface area (Å²) in [5, 5.41) is 0. The van der Waals surface area contributed by atoms with Crippen molar-refractivity contribution in [3.63, 3.8) is 0 Å². The monoisotopic (exact) mass is 386 g/mol. The quantitative estimate of drug-likeness (QED) is 0.728. The lowest BCUT2D eigenvalue weighted by Gasteiger charge is -2.34. The number of rotatable bonds is 7. The Balaban J connectivity index is 1.50. The summed E-state index contributed by atoms with van der Waals surface area (Å²) in [6.45, 7) is 7.99. The van der Waals surface area contributed by atoms with E-state index in [9.17, 15) is 8.42 Å². The summed E-state index contributed by atoms with van der Waals surface area (Å²) in [5.41, 5.74) is 2.53. The zero-order chi connectivity index (χ0) is 19.3. The topological polar surface area (TPSA) is 40.6 Å². The van der Waals surface area contributed by atoms with Crippen LogP contribution in [-0.4, -0.2) is 50.3 Å². The Bertz CT molecular complexity index is 809. The van der Waals surface area contributed by atoms with Crippen molar-refractivity contribution in [3.8, 4) is 0 Å². The first-order valence-corrected chi connectivity index (χ1v) is 11.3. The lowest BCUT2D eigenvalue weighted by Crippen LogP contribution is -2.48. The maximum Gasteiger partial charge on any atom is 0.243 e. The summed E-state index contributed by atoms with van der Waals surface area (Å²) >= 11 is 0. The number of benzene rings is 2. The van der Waals surface area contributed by atoms with Crippen molar-refractivity contribution in [2.24, 2.45) is 0 Å². The molecular formula is C22H30N2O2S. The lowest BCUT2D eigenvalue weighted by molar-refractivity contribution is 0.187. The molecule has 0 aromatic heterocycles. The third kappa shape index (κ3) is 5.18. The Morgan fingerprint density at radius 2 is 1.52 bits per heavy atom. The number of hydrogen-bond acceptors (Lipinski definition) is 3. The van der Waals surface area contributed by atoms with Crippen molar-refractivity contribution in [1.82, 2.24) is 9.21 Å². The Labute approximate surface area is 163 Å². The van der Waals surface area contributed by atoms with Crippen LogP contribution in [0.1, 0.15) is 37.3 Å². The standard InChI is InChI=1S/C22H30N2O2S/c1-19(2)21-10-12-22(13-11-21)27(25,26)24-17-15-23(16-18-24)14-6-9-20-7-4-3-5-8-20/h3-5,7-8,10-13,19H,6,9,14-18H2,1-2H3. The third-order valence-corrected chi connectivity index (χ3v) is 7.21. The molecule has 2 aromatic rings. The zero-order valence-corrected chi connectivity index (χ0v) is 17.2. The first-order valence-electron chi connectivity index (χ1n) is 9.83. The SMILES string of the molecule is CC(C)c1ccc(S(=O)(=O)N2CCN(CCCc3ccccc3)CC2)cc1. The van der Waals surface area contributed by atoms with Crippen LogP contribution in [0.5, 0.6) is 0 Å². The minimum atomic E-state index is -3.38. The fourth-order valence-electron chi connectivity index (χ4n) is 3.52. The highest BCUT2D eigenvalue weighted by molar-refractivity contribution is 7.89. The minimum Gasteiger partial charge on any atom is -0.301 e. The lowest BCUT2D eigenvalue weighted by atomic mass is 10.0. The van der Waals surface area contributed by atoms with Gasteiger partial charge in [-0.15, -0.1) is 0 Å². The maximum absolute atomic E-state index is 12.9. The van der Waals surface area contributed by atoms with Gasteiger partial charge in [-0.3, -0.25) is 0 Å². The summed E-state index contributed by atoms with van der Waals surface area (Å²) in [5.74, 6) is 0.404. The third-order valence-electron chi connectivity index (χ3n) is 5.30. The largest absolute Gasteiger partial charge is 0.301 e. The van der Waals surface area contributed by atoms with Gasteiger partial charge in [0.15, 0.2) is 0 Å². The zero-order valence-electron chi connectivity index (χ0n) is 16.3. The van der Waals surface area contributed by atoms with E-state index < -0.39 is 10.0 Å². The van der Waals surface area contributed by atoms with Crippen molar-refractivity contribution in [3.05, 3.63) is 65.7 Å². The average molecular weight is 387 g/mol. The van der Waals surface area contributed by atoms with Gasteiger partial charge in [-0.2, -0.15) is 4.31 Å². The van der Waals surface area contributed by atoms with Gasteiger partial charge in [0.05, 0.1) is 4.90 Å². The van der Waals surface area contributed by atoms with E-state index >= 15 is 0 Å². The fraction of sp³-hybridized carbons (Fsp3) is 0.455. The molecule has 0 bridgehead atoms. The van der Waals surface area contributed by atoms with Gasteiger partial charge in [-0.1, -0.05) is 56.3 Å². The van der Waals surface area contributed by atoms with Crippen molar-refractivity contribution in [1.29, 1.82) is 0 Å². The molecule has 0 N–H and O–H groups in total. The van der Waals surface area contributed by atoms with Crippen LogP contribution in [0.4, 0.5) is 0 Å². The molecule has 0 aliphatic carbocycles. The van der Waals surface area contributed by atoms with Crippen LogP contribution in [0, 0.1) is 0 Å². The van der Waals surface area contributed by atoms with E-state index in [1.807, 2.05) is 18.2 Å². The van der Waals surface area contributed by atoms with E-state index in [2.05, 4.69) is 43.0 Å². The smallest absolute Gasteiger partial charge is 0.243 e. The number of nitrogens with zero attached hydrogens (tertiary/aromatic N) is 2. The molecule has 1 heterocycles. The highest BCUT2D eigenvalue weighted by Crippen LogP contribution is 2.21. The van der Waals surface area contributed by atoms with Crippen LogP contribution < -0.4 is 0 Å². The fourth-order valence-corrected chi connectivity index (χ4v) is 4.94. The van der Waals surface area contributed by atoms with E-state index in [-0.39, 0.29) is 0 Å². The molecule has 1 aliphatic heterocycles. The summed E-state index contributed by atoms with van der Waals surface area (Å²) in [4.78, 5) is 2.78. The highest BCUT2D eigenvalue weighted by Gasteiger charge is 2.28. The van der Waals surface area contributed by atoms with Crippen molar-refractivity contribution >= 4 is 10.0 Å². The summed E-state index contributed by atoms with van der Waals surface area (Å²) < 4.78 is 27.4. The predicted molar refractivity (Wildman–Crippen MR) is 110 cm³/mol. The molecule has 3 rings (SSSR count). The van der Waals surface area contributed by atoms with Crippen LogP contribution in [0.2, 0.25) is 0 Å². The molecule has 27 heavy (non-hydrogen) atoms. The van der Waals surface area contributed by atoms with Gasteiger partial charge >= 0.3 is 0 Å². The summed E-state index contributed by atoms with van der Waals surface area (Å²) in [7, 11) is -3.38. The first-order chi connectivity index (χ1) is 13.0. The van der Waals surface area contributed by atoms with E-state index in [4.69, 9.17) is 0 Å². The molecule has 1 aliphatic rings. The van der Waals surface area contributed by atoms with E-state index in [0.717, 1.165) is 38.0 Å². The van der Waals surface area contributed by atoms with E-state index in [1.54, 1.807) is 16.4 Å². The van der Waals surface area contributed by atoms with E-state index in [0.29, 0.717) is 23.9 Å². The Hall–Kier alpha value is -1.69. The molecule has 2 aromatic carbocycles. The highest BCUT2D eigenvalue weighted by atomic mass is 32.2. The van der Waals surface area contributed by atoms with Gasteiger partial charge in [0.2, 0.25) is 10.0 Å². The number of piperazine rings is 1. The van der Waals surface area contributed by atoms with Crippen LogP contribution in [0.3, 0.4) is 0 Å². The van der Waals surface area contributed by atoms with Gasteiger partial charge in [0.25, 0.3) is 0 Å². The van der Waals surface area contributed by atoms with Crippen LogP contribution >= 0.6 is 0 Å². The van der Waals surface area contributed by atoms with Crippen molar-refractivity contribution < 1.29 is 8.42 Å². The Morgan fingerprint density at radius 3 is 2.11 bits per heavy atom. The predicted octanol–water partition coefficient (Wildman–Crippen LogP) is 3.75. The average Bonchev–Trinajstić information content (AvgIpc) is 2.69. The molecule has 0 radical (unpaired) electrons. The maximum atomic E-state index is 12.9. The molecule has 4 nitrogen and oxygen atoms in total. The van der Waals surface area contributed by atoms with E-state index in [1.165, 1.54) is 5.56 Å². The van der Waals surface area contributed by atoms with Gasteiger partial charge in [-0.25, -0.2) is 8.42 Å². The van der Waals surface area contributed by atoms with Crippen molar-refractivity contribution in [2.45, 2.75) is 37.5 Å². The molecule has 0 unspecified atom stereocenters. The second-order valence-corrected chi connectivity index (χ2v) is 9.50. The second kappa shape index (κ2) is 9.00. The molecule has 0 atom stereocenters. The molecule has 1 saturated heterocycles. The molecule has 0 amide bonds. The Kier molecular flexibility index (Phi) is 6.68. The first kappa shape index (κ1) is 20.1. The summed E-state index contributed by atoms with van der Waals surface area (Å²) in [6.07, 6.45) is 2.18. The number of sulfonamides is 1.